The van der Waals surface area contributed by atoms with Crippen molar-refractivity contribution in [2.45, 2.75) is 31.0 Å². The molecule has 0 aliphatic heterocycles. The third-order valence-electron chi connectivity index (χ3n) is 3.88. The molecule has 176 valence electrons. The van der Waals surface area contributed by atoms with Crippen LogP contribution >= 0.6 is 23.5 Å². The molecule has 0 bridgehead atoms. The normalized spacial score (nSPS) is 13.7. The number of hydrogen-bond acceptors (Lipinski definition) is 9. The SMILES string of the molecule is COC(=O)/C=C/C(=O)NC[C@H](NC(=O)[C@@H](N)CCSC)C(=O)N[C@@H](CCSC)C(=O)O. The van der Waals surface area contributed by atoms with E-state index in [0.717, 1.165) is 19.3 Å². The number of esters is 1. The molecule has 0 aromatic carbocycles. The van der Waals surface area contributed by atoms with Gasteiger partial charge in [0.25, 0.3) is 0 Å². The van der Waals surface area contributed by atoms with E-state index in [0.29, 0.717) is 17.9 Å². The lowest BCUT2D eigenvalue weighted by molar-refractivity contribution is -0.142. The highest BCUT2D eigenvalue weighted by Gasteiger charge is 2.28. The van der Waals surface area contributed by atoms with E-state index < -0.39 is 47.8 Å². The predicted molar refractivity (Wildman–Crippen MR) is 120 cm³/mol. The third kappa shape index (κ3) is 12.9. The molecule has 0 saturated heterocycles. The number of carboxylic acid groups (broad SMARTS) is 1. The number of amides is 3. The van der Waals surface area contributed by atoms with Crippen LogP contribution < -0.4 is 21.7 Å². The monoisotopic (exact) mass is 478 g/mol. The summed E-state index contributed by atoms with van der Waals surface area (Å²) in [5.41, 5.74) is 5.82. The first-order chi connectivity index (χ1) is 14.7. The van der Waals surface area contributed by atoms with Gasteiger partial charge in [-0.15, -0.1) is 0 Å². The Kier molecular flexibility index (Phi) is 15.3. The fraction of sp³-hybridized carbons (Fsp3) is 0.611. The van der Waals surface area contributed by atoms with Crippen molar-refractivity contribution in [2.75, 3.05) is 37.7 Å². The molecule has 13 heteroatoms. The van der Waals surface area contributed by atoms with Crippen molar-refractivity contribution in [3.05, 3.63) is 12.2 Å². The number of thioether (sulfide) groups is 2. The van der Waals surface area contributed by atoms with Gasteiger partial charge >= 0.3 is 11.9 Å². The highest BCUT2D eigenvalue weighted by molar-refractivity contribution is 7.98. The summed E-state index contributed by atoms with van der Waals surface area (Å²) in [6, 6.07) is -3.29. The van der Waals surface area contributed by atoms with Gasteiger partial charge in [0.1, 0.15) is 12.1 Å². The highest BCUT2D eigenvalue weighted by Crippen LogP contribution is 2.03. The maximum Gasteiger partial charge on any atom is 0.330 e. The molecule has 3 atom stereocenters. The lowest BCUT2D eigenvalue weighted by Gasteiger charge is -2.23. The molecule has 0 aromatic rings. The van der Waals surface area contributed by atoms with Crippen LogP contribution in [0.2, 0.25) is 0 Å². The van der Waals surface area contributed by atoms with Crippen molar-refractivity contribution >= 4 is 53.2 Å². The summed E-state index contributed by atoms with van der Waals surface area (Å²) in [6.45, 7) is -0.341. The lowest BCUT2D eigenvalue weighted by Crippen LogP contribution is -2.58. The number of hydrogen-bond donors (Lipinski definition) is 5. The summed E-state index contributed by atoms with van der Waals surface area (Å²) >= 11 is 2.93. The molecular formula is C18H30N4O7S2. The van der Waals surface area contributed by atoms with Crippen molar-refractivity contribution in [1.82, 2.24) is 16.0 Å². The molecule has 0 fully saturated rings. The minimum Gasteiger partial charge on any atom is -0.480 e. The van der Waals surface area contributed by atoms with Crippen molar-refractivity contribution in [1.29, 1.82) is 0 Å². The van der Waals surface area contributed by atoms with Gasteiger partial charge in [0.15, 0.2) is 0 Å². The fourth-order valence-corrected chi connectivity index (χ4v) is 3.06. The summed E-state index contributed by atoms with van der Waals surface area (Å²) in [5.74, 6) is -2.91. The van der Waals surface area contributed by atoms with Crippen LogP contribution in [-0.2, 0) is 28.7 Å². The van der Waals surface area contributed by atoms with Gasteiger partial charge < -0.3 is 31.5 Å². The molecule has 6 N–H and O–H groups in total. The van der Waals surface area contributed by atoms with Crippen LogP contribution in [0.25, 0.3) is 0 Å². The maximum atomic E-state index is 12.6. The Hall–Kier alpha value is -2.25. The van der Waals surface area contributed by atoms with E-state index >= 15 is 0 Å². The number of carbonyl (C=O) groups excluding carboxylic acids is 4. The summed E-state index contributed by atoms with van der Waals surface area (Å²) in [6.07, 6.45) is 6.02. The molecule has 0 aliphatic rings. The number of nitrogens with one attached hydrogen (secondary N) is 3. The molecule has 0 radical (unpaired) electrons. The summed E-state index contributed by atoms with van der Waals surface area (Å²) in [5, 5.41) is 16.5. The van der Waals surface area contributed by atoms with Gasteiger partial charge in [-0.3, -0.25) is 14.4 Å². The van der Waals surface area contributed by atoms with Crippen molar-refractivity contribution in [3.63, 3.8) is 0 Å². The number of rotatable bonds is 15. The average molecular weight is 479 g/mol. The summed E-state index contributed by atoms with van der Waals surface area (Å²) in [4.78, 5) is 59.3. The minimum absolute atomic E-state index is 0.185. The van der Waals surface area contributed by atoms with E-state index in [4.69, 9.17) is 5.73 Å². The highest BCUT2D eigenvalue weighted by atomic mass is 32.2. The number of carboxylic acids is 1. The first-order valence-electron chi connectivity index (χ1n) is 9.27. The Morgan fingerprint density at radius 3 is 2.10 bits per heavy atom. The van der Waals surface area contributed by atoms with E-state index in [1.54, 1.807) is 6.26 Å². The quantitative estimate of drug-likeness (QED) is 0.141. The van der Waals surface area contributed by atoms with Gasteiger partial charge in [0, 0.05) is 18.7 Å². The van der Waals surface area contributed by atoms with Gasteiger partial charge in [0.05, 0.1) is 13.2 Å². The maximum absolute atomic E-state index is 12.6. The van der Waals surface area contributed by atoms with Crippen LogP contribution in [0.5, 0.6) is 0 Å². The van der Waals surface area contributed by atoms with Crippen LogP contribution in [0.4, 0.5) is 0 Å². The number of ether oxygens (including phenoxy) is 1. The van der Waals surface area contributed by atoms with Gasteiger partial charge in [-0.05, 0) is 36.9 Å². The average Bonchev–Trinajstić information content (AvgIpc) is 2.75. The molecule has 31 heavy (non-hydrogen) atoms. The predicted octanol–water partition coefficient (Wildman–Crippen LogP) is -1.28. The van der Waals surface area contributed by atoms with E-state index in [1.807, 2.05) is 6.26 Å². The summed E-state index contributed by atoms with van der Waals surface area (Å²) < 4.78 is 4.37. The molecule has 0 rings (SSSR count). The first kappa shape index (κ1) is 28.8. The Morgan fingerprint density at radius 1 is 0.968 bits per heavy atom. The number of methoxy groups -OCH3 is 1. The fourth-order valence-electron chi connectivity index (χ4n) is 2.10. The van der Waals surface area contributed by atoms with E-state index in [1.165, 1.54) is 23.5 Å². The number of aliphatic carboxylic acids is 1. The number of carbonyl (C=O) groups is 5. The Balaban J connectivity index is 5.22. The minimum atomic E-state index is -1.26. The number of nitrogens with two attached hydrogens (primary N) is 1. The van der Waals surface area contributed by atoms with Gasteiger partial charge in [-0.25, -0.2) is 9.59 Å². The second kappa shape index (κ2) is 16.4. The van der Waals surface area contributed by atoms with Crippen LogP contribution in [0.1, 0.15) is 12.8 Å². The molecule has 3 amide bonds. The molecular weight excluding hydrogens is 448 g/mol. The molecule has 11 nitrogen and oxygen atoms in total. The topological polar surface area (TPSA) is 177 Å². The molecule has 0 aromatic heterocycles. The second-order valence-electron chi connectivity index (χ2n) is 6.23. The van der Waals surface area contributed by atoms with Gasteiger partial charge in [-0.2, -0.15) is 23.5 Å². The molecule has 0 spiro atoms. The zero-order chi connectivity index (χ0) is 23.8. The second-order valence-corrected chi connectivity index (χ2v) is 8.20. The zero-order valence-electron chi connectivity index (χ0n) is 17.7. The Labute approximate surface area is 189 Å². The molecule has 0 heterocycles. The van der Waals surface area contributed by atoms with Crippen LogP contribution in [0.3, 0.4) is 0 Å². The molecule has 0 aliphatic carbocycles. The van der Waals surface area contributed by atoms with Crippen LogP contribution in [-0.4, -0.2) is 90.6 Å². The first-order valence-corrected chi connectivity index (χ1v) is 12.1. The van der Waals surface area contributed by atoms with Crippen molar-refractivity contribution in [2.24, 2.45) is 5.73 Å². The standard InChI is InChI=1S/C18H30N4O7S2/c1-29-15(24)5-4-14(23)20-10-13(22-16(25)11(19)6-8-30-2)17(26)21-12(18(27)28)7-9-31-3/h4-5,11-13H,6-10,19H2,1-3H3,(H,20,23)(H,21,26)(H,22,25)(H,27,28)/b5-4+/t11-,12-,13-/m0/s1. The van der Waals surface area contributed by atoms with E-state index in [2.05, 4.69) is 20.7 Å². The largest absolute Gasteiger partial charge is 0.480 e. The van der Waals surface area contributed by atoms with E-state index in [9.17, 15) is 29.1 Å². The lowest BCUT2D eigenvalue weighted by atomic mass is 10.1. The third-order valence-corrected chi connectivity index (χ3v) is 5.17. The molecule has 0 unspecified atom stereocenters. The van der Waals surface area contributed by atoms with Gasteiger partial charge in [0.2, 0.25) is 17.7 Å². The summed E-state index contributed by atoms with van der Waals surface area (Å²) in [7, 11) is 1.15. The smallest absolute Gasteiger partial charge is 0.330 e. The molecule has 0 saturated carbocycles. The van der Waals surface area contributed by atoms with Crippen LogP contribution in [0.15, 0.2) is 12.2 Å². The Bertz CT molecular complexity index is 661. The van der Waals surface area contributed by atoms with Gasteiger partial charge in [-0.1, -0.05) is 0 Å². The van der Waals surface area contributed by atoms with Crippen LogP contribution in [0, 0.1) is 0 Å². The van der Waals surface area contributed by atoms with Crippen molar-refractivity contribution in [3.8, 4) is 0 Å². The Morgan fingerprint density at radius 2 is 1.55 bits per heavy atom. The zero-order valence-corrected chi connectivity index (χ0v) is 19.3. The van der Waals surface area contributed by atoms with E-state index in [-0.39, 0.29) is 13.0 Å². The van der Waals surface area contributed by atoms with Crippen molar-refractivity contribution < 1.29 is 33.8 Å².